The van der Waals surface area contributed by atoms with Gasteiger partial charge in [-0.15, -0.1) is 97.5 Å². The molecular weight excluding hydrogens is 3910 g/mol. The minimum Gasteiger partial charge on any atom is -0.344 e. The van der Waals surface area contributed by atoms with Crippen LogP contribution < -0.4 is 0 Å². The van der Waals surface area contributed by atoms with Crippen LogP contribution in [0.1, 0.15) is 127 Å². The van der Waals surface area contributed by atoms with Gasteiger partial charge in [-0.2, -0.15) is 97.1 Å². The van der Waals surface area contributed by atoms with Gasteiger partial charge < -0.3 is 4.57 Å². The van der Waals surface area contributed by atoms with Crippen LogP contribution in [0.2, 0.25) is 0 Å². The standard InChI is InChI=1S/3C17H12.C13H11N.8C2H6.33Y/c2*1-13-6-4-9-15(12-13)17-11-5-8-14-7-2-3-10-16(14)17;1-13-9-11-15(12-10-13)17-8-4-6-14-5-2-3-7-16(14)17;1-14-12-8-4-2-6-10(12)11-7-3-5-9-13(11)14;8*1-2;;;;;;;;;;;;;;;;;;;;;;;;;;;;;;;;;/h2-8,10,12H,1H3;2-10H,1H3;2-7,9-11H,1H3;2-9H,1H3;8*1-2H3;;;;;;;;;;;;;;;;;;;;;;;;;;;;;;;;;/q3*-2;;;;;;;;;;;;;;;;;;;;;;;;;;;;;;;;;;;;;;;;;;. The molecule has 0 N–H and O–H groups in total. The van der Waals surface area contributed by atoms with Crippen LogP contribution in [0.3, 0.4) is 0 Å². The number of rotatable bonds is 3. The Morgan fingerprint density at radius 2 is 0.474 bits per heavy atom. The van der Waals surface area contributed by atoms with Crippen molar-refractivity contribution >= 4 is 54.1 Å². The maximum Gasteiger partial charge on any atom is 0.0488 e. The summed E-state index contributed by atoms with van der Waals surface area (Å²) in [5, 5.41) is 10.1. The largest absolute Gasteiger partial charge is 0.344 e. The molecule has 11 aromatic carbocycles. The van der Waals surface area contributed by atoms with Gasteiger partial charge in [0, 0.05) is 1110 Å². The molecule has 1 heterocycles. The number of aromatic nitrogens is 1. The van der Waals surface area contributed by atoms with E-state index in [1.165, 1.54) is 65.3 Å². The Bertz CT molecular complexity index is 3440. The summed E-state index contributed by atoms with van der Waals surface area (Å²) in [6, 6.07) is 93.0. The molecule has 0 unspecified atom stereocenters. The van der Waals surface area contributed by atoms with E-state index in [1.54, 1.807) is 0 Å². The summed E-state index contributed by atoms with van der Waals surface area (Å²) < 4.78 is 2.24. The van der Waals surface area contributed by atoms with Gasteiger partial charge in [0.2, 0.25) is 0 Å². The van der Waals surface area contributed by atoms with Crippen LogP contribution in [0.15, 0.2) is 212 Å². The fourth-order valence-corrected chi connectivity index (χ4v) is 8.39. The number of nitrogens with zero attached hydrogens (tertiary/aromatic N) is 1. The second-order valence-corrected chi connectivity index (χ2v) is 16.2. The Morgan fingerprint density at radius 3 is 0.754 bits per heavy atom. The van der Waals surface area contributed by atoms with Crippen LogP contribution in [-0.4, -0.2) is 4.57 Å². The monoisotopic (exact) mass is 4000 g/mol. The average molecular weight is 4000 g/mol. The molecule has 1 aromatic heterocycles. The molecule has 0 atom stereocenters. The Labute approximate surface area is 1530 Å². The van der Waals surface area contributed by atoms with Gasteiger partial charge in [-0.25, -0.2) is 33.4 Å². The van der Waals surface area contributed by atoms with Crippen molar-refractivity contribution < 1.29 is 1080 Å². The Kier molecular flexibility index (Phi) is 347. The van der Waals surface area contributed by atoms with E-state index in [0.29, 0.717) is 0 Å². The molecule has 0 saturated carbocycles. The summed E-state index contributed by atoms with van der Waals surface area (Å²) in [4.78, 5) is 0. The molecule has 0 amide bonds. The summed E-state index contributed by atoms with van der Waals surface area (Å²) in [7, 11) is 2.12. The SMILES string of the molecule is CC.CC.CC.CC.CC.CC.CC.CC.Cc1[c-]c(-c2[c-]ccc3ccccc23)ccc1.Cc1c[c-]c(-c2[c-]ccc3ccccc23)cc1.Cc1cc[c-]c(-c2[c-]ccc3ccccc23)c1.Cn1c2ccccc2c2ccccc21.[Y].[Y].[Y].[Y].[Y].[Y].[Y].[Y].[Y].[Y].[Y].[Y].[Y].[Y].[Y].[Y].[Y].[Y].[Y].[Y].[Y].[Y].[Y].[Y].[Y].[Y].[Y].[Y].[Y].[Y].[Y].[Y].[Y]. The van der Waals surface area contributed by atoms with Crippen molar-refractivity contribution in [2.45, 2.75) is 132 Å². The molecule has 0 saturated heterocycles. The van der Waals surface area contributed by atoms with Gasteiger partial charge in [-0.05, 0) is 12.1 Å². The van der Waals surface area contributed by atoms with Gasteiger partial charge in [0.05, 0.1) is 0 Å². The van der Waals surface area contributed by atoms with E-state index in [1.807, 2.05) is 141 Å². The predicted octanol–water partition coefficient (Wildman–Crippen LogP) is 24.7. The Morgan fingerprint density at radius 1 is 0.211 bits per heavy atom. The first-order valence-corrected chi connectivity index (χ1v) is 30.0. The fraction of sp³-hybridized carbons (Fsp3) is 0.250. The van der Waals surface area contributed by atoms with E-state index in [4.69, 9.17) is 0 Å². The molecule has 0 spiro atoms. The van der Waals surface area contributed by atoms with Crippen molar-refractivity contribution in [1.29, 1.82) is 0 Å². The van der Waals surface area contributed by atoms with Gasteiger partial charge in [-0.3, -0.25) is 0 Å². The van der Waals surface area contributed by atoms with E-state index in [2.05, 4.69) is 251 Å². The van der Waals surface area contributed by atoms with Gasteiger partial charge in [0.25, 0.3) is 0 Å². The normalized spacial score (nSPS) is 6.56. The van der Waals surface area contributed by atoms with E-state index < -0.39 is 0 Å². The number of benzene rings is 11. The van der Waals surface area contributed by atoms with Gasteiger partial charge in [0.1, 0.15) is 0 Å². The van der Waals surface area contributed by atoms with Crippen LogP contribution in [0.25, 0.3) is 87.5 Å². The minimum atomic E-state index is 0. The van der Waals surface area contributed by atoms with Gasteiger partial charge in [-0.1, -0.05) is 223 Å². The molecule has 12 aromatic rings. The van der Waals surface area contributed by atoms with Crippen LogP contribution >= 0.6 is 0 Å². The molecule has 0 fully saturated rings. The van der Waals surface area contributed by atoms with Crippen molar-refractivity contribution in [2.75, 3.05) is 0 Å². The topological polar surface area (TPSA) is 4.93 Å². The number of hydrogen-bond donors (Lipinski definition) is 0. The summed E-state index contributed by atoms with van der Waals surface area (Å²) in [6.07, 6.45) is 0. The molecule has 0 aliphatic rings. The Hall–Kier alpha value is 28.4. The van der Waals surface area contributed by atoms with E-state index in [-0.39, 0.29) is 1080 Å². The van der Waals surface area contributed by atoms with Crippen molar-refractivity contribution in [3.8, 4) is 33.4 Å². The third-order valence-electron chi connectivity index (χ3n) is 11.7. The number of fused-ring (bicyclic) bond motifs is 6. The zero-order valence-corrected chi connectivity index (χ0v) is 166. The molecule has 0 aliphatic carbocycles. The second kappa shape index (κ2) is 166. The molecular formula is C80H95NY33-6. The number of hydrogen-bond acceptors (Lipinski definition) is 0. The van der Waals surface area contributed by atoms with Crippen LogP contribution in [0.5, 0.6) is 0 Å². The predicted molar refractivity (Wildman–Crippen MR) is 367 cm³/mol. The summed E-state index contributed by atoms with van der Waals surface area (Å²) in [6.45, 7) is 38.2. The zero-order valence-electron chi connectivity index (χ0n) is 72.2. The number of para-hydroxylation sites is 2. The van der Waals surface area contributed by atoms with Crippen molar-refractivity contribution in [1.82, 2.24) is 4.57 Å². The molecule has 0 bridgehead atoms. The quantitative estimate of drug-likeness (QED) is 0.155. The molecule has 525 valence electrons. The molecule has 1 nitrogen and oxygen atoms in total. The Balaban J connectivity index is -0.0000000214. The molecule has 12 rings (SSSR count). The van der Waals surface area contributed by atoms with Crippen LogP contribution in [0, 0.1) is 57.2 Å². The van der Waals surface area contributed by atoms with E-state index in [0.717, 1.165) is 38.9 Å². The maximum atomic E-state index is 3.38. The smallest absolute Gasteiger partial charge is 0.0488 e. The first kappa shape index (κ1) is 238. The maximum absolute atomic E-state index is 3.38. The molecule has 33 radical (unpaired) electrons. The van der Waals surface area contributed by atoms with E-state index in [9.17, 15) is 0 Å². The van der Waals surface area contributed by atoms with Crippen molar-refractivity contribution in [3.63, 3.8) is 0 Å². The third kappa shape index (κ3) is 97.4. The van der Waals surface area contributed by atoms with Gasteiger partial charge >= 0.3 is 0 Å². The second-order valence-electron chi connectivity index (χ2n) is 16.2. The number of aryl methyl sites for hydroxylation is 4. The van der Waals surface area contributed by atoms with Crippen LogP contribution in [0.4, 0.5) is 0 Å². The van der Waals surface area contributed by atoms with Crippen molar-refractivity contribution in [2.24, 2.45) is 7.05 Å². The molecule has 114 heavy (non-hydrogen) atoms. The minimum absolute atomic E-state index is 0. The average Bonchev–Trinajstić information content (AvgIpc) is 1.59. The molecule has 0 aliphatic heterocycles. The summed E-state index contributed by atoms with van der Waals surface area (Å²) in [5.41, 5.74) is 13.0. The third-order valence-corrected chi connectivity index (χ3v) is 11.7. The van der Waals surface area contributed by atoms with E-state index >= 15 is 0 Å². The van der Waals surface area contributed by atoms with Crippen molar-refractivity contribution in [3.05, 3.63) is 265 Å². The van der Waals surface area contributed by atoms with Gasteiger partial charge in [0.15, 0.2) is 0 Å². The van der Waals surface area contributed by atoms with Crippen LogP contribution in [-0.2, 0) is 1090 Å². The first-order valence-electron chi connectivity index (χ1n) is 30.0. The first-order chi connectivity index (χ1) is 39.9. The zero-order chi connectivity index (χ0) is 60.5. The summed E-state index contributed by atoms with van der Waals surface area (Å²) in [5.74, 6) is 0. The fourth-order valence-electron chi connectivity index (χ4n) is 8.39. The molecule has 34 heteroatoms. The summed E-state index contributed by atoms with van der Waals surface area (Å²) >= 11 is 0.